The molecule has 0 aliphatic heterocycles. The fourth-order valence-corrected chi connectivity index (χ4v) is 2.06. The zero-order valence-electron chi connectivity index (χ0n) is 11.8. The van der Waals surface area contributed by atoms with Gasteiger partial charge in [-0.05, 0) is 29.8 Å². The number of halogens is 2. The van der Waals surface area contributed by atoms with Crippen molar-refractivity contribution in [2.75, 3.05) is 13.2 Å². The summed E-state index contributed by atoms with van der Waals surface area (Å²) < 4.78 is 5.80. The predicted octanol–water partition coefficient (Wildman–Crippen LogP) is 3.49. The van der Waals surface area contributed by atoms with Crippen molar-refractivity contribution < 1.29 is 9.84 Å². The van der Waals surface area contributed by atoms with Gasteiger partial charge in [0.15, 0.2) is 0 Å². The molecule has 0 atom stereocenters. The first-order valence-corrected chi connectivity index (χ1v) is 7.49. The van der Waals surface area contributed by atoms with Crippen molar-refractivity contribution >= 4 is 29.4 Å². The van der Waals surface area contributed by atoms with E-state index in [2.05, 4.69) is 10.5 Å². The van der Waals surface area contributed by atoms with Gasteiger partial charge in [0.2, 0.25) is 0 Å². The quantitative estimate of drug-likeness (QED) is 0.461. The third-order valence-corrected chi connectivity index (χ3v) is 3.55. The maximum absolute atomic E-state index is 8.69. The lowest BCUT2D eigenvalue weighted by Gasteiger charge is -2.09. The largest absolute Gasteiger partial charge is 0.488 e. The van der Waals surface area contributed by atoms with Gasteiger partial charge in [0.05, 0.1) is 29.4 Å². The van der Waals surface area contributed by atoms with Crippen LogP contribution in [0.25, 0.3) is 0 Å². The van der Waals surface area contributed by atoms with Gasteiger partial charge in [-0.1, -0.05) is 41.4 Å². The molecule has 2 aromatic carbocycles. The molecular weight excluding hydrogens is 323 g/mol. The third kappa shape index (κ3) is 4.91. The van der Waals surface area contributed by atoms with Crippen LogP contribution in [0.2, 0.25) is 10.0 Å². The number of benzene rings is 2. The average Bonchev–Trinajstić information content (AvgIpc) is 2.53. The van der Waals surface area contributed by atoms with Crippen molar-refractivity contribution in [3.05, 3.63) is 63.6 Å². The smallest absolute Gasteiger partial charge is 0.128 e. The number of hydrogen-bond donors (Lipinski definition) is 2. The Kier molecular flexibility index (Phi) is 6.52. The number of para-hydroxylation sites is 1. The lowest BCUT2D eigenvalue weighted by atomic mass is 10.2. The standard InChI is InChI=1S/C16H16Cl2N2O2/c17-14-6-5-12(9-15(14)18)11-22-16-4-2-1-3-13(16)10-20-19-7-8-21/h1-6,9-10,19,21H,7-8,11H2. The fourth-order valence-electron chi connectivity index (χ4n) is 1.74. The van der Waals surface area contributed by atoms with Gasteiger partial charge in [-0.25, -0.2) is 0 Å². The summed E-state index contributed by atoms with van der Waals surface area (Å²) in [6.45, 7) is 0.821. The van der Waals surface area contributed by atoms with Crippen LogP contribution < -0.4 is 10.2 Å². The van der Waals surface area contributed by atoms with E-state index in [1.165, 1.54) is 0 Å². The number of nitrogens with one attached hydrogen (secondary N) is 1. The monoisotopic (exact) mass is 338 g/mol. The molecule has 0 spiro atoms. The number of hydrogen-bond acceptors (Lipinski definition) is 4. The fraction of sp³-hybridized carbons (Fsp3) is 0.188. The number of aliphatic hydroxyl groups is 1. The molecule has 2 N–H and O–H groups in total. The molecule has 0 aliphatic rings. The topological polar surface area (TPSA) is 53.8 Å². The van der Waals surface area contributed by atoms with Crippen LogP contribution in [0.15, 0.2) is 47.6 Å². The molecule has 0 saturated heterocycles. The van der Waals surface area contributed by atoms with Gasteiger partial charge in [0, 0.05) is 5.56 Å². The summed E-state index contributed by atoms with van der Waals surface area (Å²) in [6, 6.07) is 13.0. The molecule has 4 nitrogen and oxygen atoms in total. The molecule has 0 bridgehead atoms. The molecule has 0 radical (unpaired) electrons. The van der Waals surface area contributed by atoms with Crippen LogP contribution in [0.4, 0.5) is 0 Å². The summed E-state index contributed by atoms with van der Waals surface area (Å²) in [5.41, 5.74) is 4.50. The molecule has 116 valence electrons. The van der Waals surface area contributed by atoms with E-state index in [1.807, 2.05) is 30.3 Å². The van der Waals surface area contributed by atoms with E-state index in [-0.39, 0.29) is 6.61 Å². The van der Waals surface area contributed by atoms with Gasteiger partial charge in [-0.15, -0.1) is 0 Å². The molecule has 0 heterocycles. The highest BCUT2D eigenvalue weighted by molar-refractivity contribution is 6.42. The van der Waals surface area contributed by atoms with Crippen LogP contribution in [0, 0.1) is 0 Å². The van der Waals surface area contributed by atoms with E-state index in [4.69, 9.17) is 33.0 Å². The zero-order chi connectivity index (χ0) is 15.8. The molecule has 6 heteroatoms. The van der Waals surface area contributed by atoms with Crippen LogP contribution in [0.5, 0.6) is 5.75 Å². The van der Waals surface area contributed by atoms with Gasteiger partial charge in [0.1, 0.15) is 12.4 Å². The Morgan fingerprint density at radius 1 is 1.14 bits per heavy atom. The normalized spacial score (nSPS) is 10.9. The second-order valence-corrected chi connectivity index (χ2v) is 5.28. The SMILES string of the molecule is OCCNN=Cc1ccccc1OCc1ccc(Cl)c(Cl)c1. The molecule has 0 aromatic heterocycles. The van der Waals surface area contributed by atoms with Gasteiger partial charge >= 0.3 is 0 Å². The first kappa shape index (κ1) is 16.6. The first-order chi connectivity index (χ1) is 10.7. The molecule has 0 saturated carbocycles. The minimum Gasteiger partial charge on any atom is -0.488 e. The summed E-state index contributed by atoms with van der Waals surface area (Å²) in [4.78, 5) is 0. The van der Waals surface area contributed by atoms with Crippen molar-refractivity contribution in [1.29, 1.82) is 0 Å². The lowest BCUT2D eigenvalue weighted by molar-refractivity contribution is 0.293. The molecular formula is C16H16Cl2N2O2. The van der Waals surface area contributed by atoms with Crippen LogP contribution in [-0.4, -0.2) is 24.5 Å². The Bertz CT molecular complexity index is 648. The van der Waals surface area contributed by atoms with Gasteiger partial charge in [-0.3, -0.25) is 0 Å². The Balaban J connectivity index is 2.03. The summed E-state index contributed by atoms with van der Waals surface area (Å²) in [5, 5.41) is 13.7. The van der Waals surface area contributed by atoms with Crippen LogP contribution in [0.3, 0.4) is 0 Å². The maximum Gasteiger partial charge on any atom is 0.128 e. The van der Waals surface area contributed by atoms with Crippen molar-refractivity contribution in [3.8, 4) is 5.75 Å². The zero-order valence-corrected chi connectivity index (χ0v) is 13.3. The molecule has 22 heavy (non-hydrogen) atoms. The Labute approximate surface area is 139 Å². The van der Waals surface area contributed by atoms with Crippen LogP contribution in [0.1, 0.15) is 11.1 Å². The highest BCUT2D eigenvalue weighted by Crippen LogP contribution is 2.24. The molecule has 2 aromatic rings. The summed E-state index contributed by atoms with van der Waals surface area (Å²) in [6.07, 6.45) is 1.65. The average molecular weight is 339 g/mol. The van der Waals surface area contributed by atoms with E-state index in [0.29, 0.717) is 28.9 Å². The van der Waals surface area contributed by atoms with Gasteiger partial charge in [-0.2, -0.15) is 5.10 Å². The summed E-state index contributed by atoms with van der Waals surface area (Å²) >= 11 is 11.9. The van der Waals surface area contributed by atoms with E-state index < -0.39 is 0 Å². The van der Waals surface area contributed by atoms with E-state index in [1.54, 1.807) is 18.3 Å². The summed E-state index contributed by atoms with van der Waals surface area (Å²) in [7, 11) is 0. The van der Waals surface area contributed by atoms with E-state index >= 15 is 0 Å². The second-order valence-electron chi connectivity index (χ2n) is 4.46. The minimum absolute atomic E-state index is 0.0345. The Hall–Kier alpha value is -1.75. The molecule has 2 rings (SSSR count). The Morgan fingerprint density at radius 2 is 1.95 bits per heavy atom. The van der Waals surface area contributed by atoms with E-state index in [9.17, 15) is 0 Å². The van der Waals surface area contributed by atoms with Crippen molar-refractivity contribution in [2.24, 2.45) is 5.10 Å². The number of hydrazone groups is 1. The molecule has 0 fully saturated rings. The highest BCUT2D eigenvalue weighted by atomic mass is 35.5. The molecule has 0 unspecified atom stereocenters. The van der Waals surface area contributed by atoms with Crippen molar-refractivity contribution in [2.45, 2.75) is 6.61 Å². The molecule has 0 aliphatic carbocycles. The predicted molar refractivity (Wildman–Crippen MR) is 89.9 cm³/mol. The number of aliphatic hydroxyl groups excluding tert-OH is 1. The molecule has 0 amide bonds. The number of nitrogens with zero attached hydrogens (tertiary/aromatic N) is 1. The van der Waals surface area contributed by atoms with Crippen molar-refractivity contribution in [3.63, 3.8) is 0 Å². The van der Waals surface area contributed by atoms with Crippen LogP contribution in [-0.2, 0) is 6.61 Å². The third-order valence-electron chi connectivity index (χ3n) is 2.82. The number of rotatable bonds is 7. The Morgan fingerprint density at radius 3 is 2.73 bits per heavy atom. The van der Waals surface area contributed by atoms with E-state index in [0.717, 1.165) is 11.1 Å². The van der Waals surface area contributed by atoms with Gasteiger partial charge < -0.3 is 15.3 Å². The first-order valence-electron chi connectivity index (χ1n) is 6.73. The number of ether oxygens (including phenoxy) is 1. The summed E-state index contributed by atoms with van der Waals surface area (Å²) in [5.74, 6) is 0.711. The second kappa shape index (κ2) is 8.63. The highest BCUT2D eigenvalue weighted by Gasteiger charge is 2.03. The lowest BCUT2D eigenvalue weighted by Crippen LogP contribution is -2.11. The van der Waals surface area contributed by atoms with Gasteiger partial charge in [0.25, 0.3) is 0 Å². The maximum atomic E-state index is 8.69. The van der Waals surface area contributed by atoms with Crippen molar-refractivity contribution in [1.82, 2.24) is 5.43 Å². The van der Waals surface area contributed by atoms with Crippen LogP contribution >= 0.6 is 23.2 Å². The minimum atomic E-state index is 0.0345.